The third-order valence-corrected chi connectivity index (χ3v) is 6.96. The second-order valence-electron chi connectivity index (χ2n) is 6.86. The first-order valence-corrected chi connectivity index (χ1v) is 11.0. The van der Waals surface area contributed by atoms with Crippen LogP contribution in [-0.4, -0.2) is 52.9 Å². The van der Waals surface area contributed by atoms with E-state index in [0.29, 0.717) is 43.4 Å². The molecule has 0 bridgehead atoms. The molecular weight excluding hydrogens is 404 g/mol. The van der Waals surface area contributed by atoms with Crippen LogP contribution in [0.2, 0.25) is 0 Å². The van der Waals surface area contributed by atoms with E-state index in [9.17, 15) is 8.42 Å². The zero-order chi connectivity index (χ0) is 21.0. The van der Waals surface area contributed by atoms with Crippen molar-refractivity contribution in [2.75, 3.05) is 25.5 Å². The molecule has 0 radical (unpaired) electrons. The zero-order valence-corrected chi connectivity index (χ0v) is 17.3. The third-order valence-electron chi connectivity index (χ3n) is 5.02. The Kier molecular flexibility index (Phi) is 5.86. The van der Waals surface area contributed by atoms with Crippen LogP contribution in [0.5, 0.6) is 5.75 Å². The van der Waals surface area contributed by atoms with Gasteiger partial charge in [0.2, 0.25) is 16.0 Å². The number of anilines is 2. The summed E-state index contributed by atoms with van der Waals surface area (Å²) in [7, 11) is -2.14. The van der Waals surface area contributed by atoms with Crippen LogP contribution in [0.4, 0.5) is 11.8 Å². The fourth-order valence-corrected chi connectivity index (χ4v) is 5.10. The summed E-state index contributed by atoms with van der Waals surface area (Å²) in [5.74, 6) is 1.48. The minimum Gasteiger partial charge on any atom is -0.495 e. The molecule has 9 nitrogen and oxygen atoms in total. The minimum absolute atomic E-state index is 0.125. The summed E-state index contributed by atoms with van der Waals surface area (Å²) in [6, 6.07) is 8.42. The molecule has 0 saturated carbocycles. The van der Waals surface area contributed by atoms with Gasteiger partial charge in [-0.3, -0.25) is 4.98 Å². The number of sulfonamides is 1. The van der Waals surface area contributed by atoms with Crippen molar-refractivity contribution in [2.24, 2.45) is 0 Å². The number of rotatable bonds is 6. The Morgan fingerprint density at radius 3 is 2.53 bits per heavy atom. The van der Waals surface area contributed by atoms with Crippen LogP contribution in [0.15, 0.2) is 60.0 Å². The van der Waals surface area contributed by atoms with E-state index in [-0.39, 0.29) is 10.8 Å². The molecule has 0 amide bonds. The average Bonchev–Trinajstić information content (AvgIpc) is 2.80. The maximum atomic E-state index is 13.1. The number of piperidine rings is 1. The van der Waals surface area contributed by atoms with Gasteiger partial charge in [0.05, 0.1) is 19.0 Å². The molecule has 10 heteroatoms. The van der Waals surface area contributed by atoms with E-state index in [1.807, 2.05) is 0 Å². The highest BCUT2D eigenvalue weighted by Crippen LogP contribution is 2.32. The van der Waals surface area contributed by atoms with Gasteiger partial charge >= 0.3 is 0 Å². The van der Waals surface area contributed by atoms with Crippen LogP contribution in [0.25, 0.3) is 0 Å². The number of para-hydroxylation sites is 1. The second kappa shape index (κ2) is 8.72. The molecule has 1 saturated heterocycles. The first-order chi connectivity index (χ1) is 14.6. The lowest BCUT2D eigenvalue weighted by Crippen LogP contribution is -2.38. The summed E-state index contributed by atoms with van der Waals surface area (Å²) < 4.78 is 32.9. The van der Waals surface area contributed by atoms with E-state index >= 15 is 0 Å². The van der Waals surface area contributed by atoms with E-state index in [1.165, 1.54) is 11.4 Å². The lowest BCUT2D eigenvalue weighted by molar-refractivity contribution is 0.314. The lowest BCUT2D eigenvalue weighted by Gasteiger charge is -2.31. The van der Waals surface area contributed by atoms with Crippen LogP contribution in [0, 0.1) is 0 Å². The predicted octanol–water partition coefficient (Wildman–Crippen LogP) is 2.59. The Morgan fingerprint density at radius 2 is 1.80 bits per heavy atom. The number of nitrogens with one attached hydrogen (secondary N) is 1. The molecule has 3 aromatic rings. The van der Waals surface area contributed by atoms with Gasteiger partial charge in [0.25, 0.3) is 0 Å². The molecule has 2 aromatic heterocycles. The van der Waals surface area contributed by atoms with Gasteiger partial charge < -0.3 is 10.1 Å². The summed E-state index contributed by atoms with van der Waals surface area (Å²) in [5.41, 5.74) is 0.824. The van der Waals surface area contributed by atoms with Crippen molar-refractivity contribution in [1.29, 1.82) is 0 Å². The molecule has 1 aliphatic rings. The smallest absolute Gasteiger partial charge is 0.246 e. The van der Waals surface area contributed by atoms with E-state index in [1.54, 1.807) is 55.1 Å². The average molecular weight is 427 g/mol. The Balaban J connectivity index is 1.45. The summed E-state index contributed by atoms with van der Waals surface area (Å²) in [6.45, 7) is 0.818. The molecule has 1 fully saturated rings. The predicted molar refractivity (Wildman–Crippen MR) is 111 cm³/mol. The summed E-state index contributed by atoms with van der Waals surface area (Å²) in [4.78, 5) is 17.3. The van der Waals surface area contributed by atoms with Crippen LogP contribution in [0.1, 0.15) is 24.5 Å². The molecule has 4 rings (SSSR count). The molecule has 0 aliphatic carbocycles. The number of hydrogen-bond donors (Lipinski definition) is 1. The van der Waals surface area contributed by atoms with Crippen molar-refractivity contribution in [3.8, 4) is 5.75 Å². The van der Waals surface area contributed by atoms with E-state index in [2.05, 4.69) is 25.3 Å². The molecule has 0 unspecified atom stereocenters. The van der Waals surface area contributed by atoms with Gasteiger partial charge in [-0.25, -0.2) is 23.4 Å². The van der Waals surface area contributed by atoms with Crippen molar-refractivity contribution in [1.82, 2.24) is 24.2 Å². The molecule has 0 spiro atoms. The number of ether oxygens (including phenoxy) is 1. The summed E-state index contributed by atoms with van der Waals surface area (Å²) in [6.07, 6.45) is 7.95. The largest absolute Gasteiger partial charge is 0.495 e. The van der Waals surface area contributed by atoms with Crippen molar-refractivity contribution < 1.29 is 13.2 Å². The molecule has 30 heavy (non-hydrogen) atoms. The number of hydrogen-bond acceptors (Lipinski definition) is 8. The van der Waals surface area contributed by atoms with Gasteiger partial charge in [0.1, 0.15) is 10.6 Å². The normalized spacial score (nSPS) is 15.6. The Bertz CT molecular complexity index is 1100. The number of nitrogens with zero attached hydrogens (tertiary/aromatic N) is 5. The van der Waals surface area contributed by atoms with Gasteiger partial charge in [-0.2, -0.15) is 4.31 Å². The van der Waals surface area contributed by atoms with Crippen LogP contribution >= 0.6 is 0 Å². The molecule has 3 heterocycles. The van der Waals surface area contributed by atoms with Crippen molar-refractivity contribution in [2.45, 2.75) is 23.7 Å². The van der Waals surface area contributed by atoms with Gasteiger partial charge in [0, 0.05) is 37.6 Å². The second-order valence-corrected chi connectivity index (χ2v) is 8.76. The maximum Gasteiger partial charge on any atom is 0.246 e. The van der Waals surface area contributed by atoms with Crippen molar-refractivity contribution >= 4 is 21.8 Å². The Labute approximate surface area is 175 Å². The van der Waals surface area contributed by atoms with Crippen molar-refractivity contribution in [3.05, 3.63) is 60.8 Å². The van der Waals surface area contributed by atoms with Crippen molar-refractivity contribution in [3.63, 3.8) is 0 Å². The monoisotopic (exact) mass is 426 g/mol. The quantitative estimate of drug-likeness (QED) is 0.640. The number of benzene rings is 1. The molecular formula is C20H22N6O3S. The zero-order valence-electron chi connectivity index (χ0n) is 16.5. The Hall–Kier alpha value is -3.11. The molecule has 1 N–H and O–H groups in total. The number of methoxy groups -OCH3 is 1. The fourth-order valence-electron chi connectivity index (χ4n) is 3.48. The van der Waals surface area contributed by atoms with Crippen LogP contribution in [-0.2, 0) is 10.0 Å². The lowest BCUT2D eigenvalue weighted by atomic mass is 9.95. The molecule has 1 aliphatic heterocycles. The van der Waals surface area contributed by atoms with E-state index < -0.39 is 10.0 Å². The summed E-state index contributed by atoms with van der Waals surface area (Å²) in [5, 5.41) is 3.03. The highest BCUT2D eigenvalue weighted by molar-refractivity contribution is 7.89. The molecule has 156 valence electrons. The first-order valence-electron chi connectivity index (χ1n) is 9.57. The van der Waals surface area contributed by atoms with Gasteiger partial charge in [-0.05, 0) is 31.0 Å². The summed E-state index contributed by atoms with van der Waals surface area (Å²) >= 11 is 0. The highest BCUT2D eigenvalue weighted by atomic mass is 32.2. The SMILES string of the molecule is COc1ccccc1S(=O)(=O)N1CCC(c2cncc(Nc3ncccn3)n2)CC1. The van der Waals surface area contributed by atoms with Gasteiger partial charge in [0.15, 0.2) is 5.82 Å². The standard InChI is InChI=1S/C20H22N6O3S/c1-29-17-5-2-3-6-18(17)30(27,28)26-11-7-15(8-12-26)16-13-21-14-19(24-16)25-20-22-9-4-10-23-20/h2-6,9-10,13-15H,7-8,11-12H2,1H3,(H,22,23,24,25). The minimum atomic E-state index is -3.62. The first kappa shape index (κ1) is 20.2. The van der Waals surface area contributed by atoms with Crippen LogP contribution in [0.3, 0.4) is 0 Å². The fraction of sp³-hybridized carbons (Fsp3) is 0.300. The van der Waals surface area contributed by atoms with E-state index in [0.717, 1.165) is 5.69 Å². The maximum absolute atomic E-state index is 13.1. The number of aromatic nitrogens is 4. The van der Waals surface area contributed by atoms with Gasteiger partial charge in [-0.15, -0.1) is 0 Å². The molecule has 1 aromatic carbocycles. The van der Waals surface area contributed by atoms with E-state index in [4.69, 9.17) is 4.74 Å². The third kappa shape index (κ3) is 4.24. The highest BCUT2D eigenvalue weighted by Gasteiger charge is 2.32. The topological polar surface area (TPSA) is 110 Å². The molecule has 0 atom stereocenters. The van der Waals surface area contributed by atoms with Gasteiger partial charge in [-0.1, -0.05) is 12.1 Å². The van der Waals surface area contributed by atoms with Crippen LogP contribution < -0.4 is 10.1 Å². The Morgan fingerprint density at radius 1 is 1.07 bits per heavy atom.